The fraction of sp³-hybridized carbons (Fsp3) is 0.100. The number of hydrogen-bond acceptors (Lipinski definition) is 2. The van der Waals surface area contributed by atoms with Crippen LogP contribution in [0, 0.1) is 0 Å². The van der Waals surface area contributed by atoms with Gasteiger partial charge in [-0.05, 0) is 12.1 Å². The van der Waals surface area contributed by atoms with Crippen molar-refractivity contribution in [1.29, 1.82) is 0 Å². The molecule has 2 aromatic rings. The maximum Gasteiger partial charge on any atom is 0.129 e. The Kier molecular flexibility index (Phi) is 2.17. The van der Waals surface area contributed by atoms with Gasteiger partial charge < -0.3 is 5.11 Å². The molecular formula is C10H8ClNO. The molecule has 2 rings (SSSR count). The van der Waals surface area contributed by atoms with E-state index in [2.05, 4.69) is 4.98 Å². The first-order chi connectivity index (χ1) is 6.31. The summed E-state index contributed by atoms with van der Waals surface area (Å²) < 4.78 is 0. The molecule has 0 amide bonds. The number of benzene rings is 1. The van der Waals surface area contributed by atoms with E-state index in [-0.39, 0.29) is 6.61 Å². The zero-order valence-corrected chi connectivity index (χ0v) is 7.62. The van der Waals surface area contributed by atoms with Crippen molar-refractivity contribution in [3.8, 4) is 0 Å². The Balaban J connectivity index is 2.79. The maximum atomic E-state index is 9.04. The Morgan fingerprint density at radius 3 is 2.85 bits per heavy atom. The smallest absolute Gasteiger partial charge is 0.129 e. The second kappa shape index (κ2) is 3.32. The third kappa shape index (κ3) is 1.50. The molecule has 1 heterocycles. The number of para-hydroxylation sites is 1. The van der Waals surface area contributed by atoms with E-state index < -0.39 is 0 Å². The Hall–Kier alpha value is -1.12. The highest BCUT2D eigenvalue weighted by atomic mass is 35.5. The molecule has 0 radical (unpaired) electrons. The number of aliphatic hydroxyl groups is 1. The lowest BCUT2D eigenvalue weighted by Crippen LogP contribution is -1.88. The van der Waals surface area contributed by atoms with E-state index in [1.165, 1.54) is 0 Å². The predicted molar refractivity (Wildman–Crippen MR) is 52.7 cm³/mol. The molecule has 66 valence electrons. The Labute approximate surface area is 80.8 Å². The van der Waals surface area contributed by atoms with Crippen molar-refractivity contribution in [2.75, 3.05) is 0 Å². The summed E-state index contributed by atoms with van der Waals surface area (Å²) in [7, 11) is 0. The number of pyridine rings is 1. The van der Waals surface area contributed by atoms with Gasteiger partial charge in [0.2, 0.25) is 0 Å². The molecule has 0 fully saturated rings. The standard InChI is InChI=1S/C10H8ClNO/c11-9-5-4-7-2-1-3-8(6-13)10(7)12-9/h1-5,13H,6H2. The maximum absolute atomic E-state index is 9.04. The molecule has 0 aliphatic carbocycles. The van der Waals surface area contributed by atoms with Crippen LogP contribution in [0.4, 0.5) is 0 Å². The number of aliphatic hydroxyl groups excluding tert-OH is 1. The van der Waals surface area contributed by atoms with Crippen molar-refractivity contribution in [2.24, 2.45) is 0 Å². The minimum atomic E-state index is -0.00924. The molecule has 1 aromatic carbocycles. The van der Waals surface area contributed by atoms with E-state index in [0.29, 0.717) is 5.15 Å². The molecule has 0 saturated carbocycles. The summed E-state index contributed by atoms with van der Waals surface area (Å²) in [5.41, 5.74) is 1.58. The highest BCUT2D eigenvalue weighted by Gasteiger charge is 2.00. The minimum Gasteiger partial charge on any atom is -0.392 e. The van der Waals surface area contributed by atoms with Gasteiger partial charge in [0, 0.05) is 10.9 Å². The van der Waals surface area contributed by atoms with Gasteiger partial charge in [-0.25, -0.2) is 4.98 Å². The van der Waals surface area contributed by atoms with Crippen molar-refractivity contribution in [2.45, 2.75) is 6.61 Å². The molecule has 0 aliphatic heterocycles. The summed E-state index contributed by atoms with van der Waals surface area (Å²) in [6, 6.07) is 9.31. The van der Waals surface area contributed by atoms with Crippen LogP contribution in [0.2, 0.25) is 5.15 Å². The first kappa shape index (κ1) is 8.48. The predicted octanol–water partition coefficient (Wildman–Crippen LogP) is 2.38. The van der Waals surface area contributed by atoms with Gasteiger partial charge in [-0.15, -0.1) is 0 Å². The van der Waals surface area contributed by atoms with Crippen molar-refractivity contribution in [1.82, 2.24) is 4.98 Å². The highest BCUT2D eigenvalue weighted by molar-refractivity contribution is 6.29. The largest absolute Gasteiger partial charge is 0.392 e. The average Bonchev–Trinajstić information content (AvgIpc) is 2.17. The normalized spacial score (nSPS) is 10.6. The lowest BCUT2D eigenvalue weighted by Gasteiger charge is -2.02. The van der Waals surface area contributed by atoms with E-state index in [4.69, 9.17) is 16.7 Å². The van der Waals surface area contributed by atoms with Crippen molar-refractivity contribution >= 4 is 22.5 Å². The molecule has 13 heavy (non-hydrogen) atoms. The van der Waals surface area contributed by atoms with Crippen LogP contribution in [0.25, 0.3) is 10.9 Å². The fourth-order valence-electron chi connectivity index (χ4n) is 1.31. The zero-order valence-electron chi connectivity index (χ0n) is 6.87. The third-order valence-electron chi connectivity index (χ3n) is 1.94. The lowest BCUT2D eigenvalue weighted by atomic mass is 10.1. The highest BCUT2D eigenvalue weighted by Crippen LogP contribution is 2.18. The Morgan fingerprint density at radius 2 is 2.08 bits per heavy atom. The molecule has 0 saturated heterocycles. The van der Waals surface area contributed by atoms with Crippen LogP contribution in [-0.2, 0) is 6.61 Å². The van der Waals surface area contributed by atoms with Crippen LogP contribution in [0.1, 0.15) is 5.56 Å². The zero-order chi connectivity index (χ0) is 9.26. The van der Waals surface area contributed by atoms with Gasteiger partial charge in [0.05, 0.1) is 12.1 Å². The van der Waals surface area contributed by atoms with Crippen molar-refractivity contribution < 1.29 is 5.11 Å². The molecular weight excluding hydrogens is 186 g/mol. The van der Waals surface area contributed by atoms with Gasteiger partial charge in [0.15, 0.2) is 0 Å². The number of nitrogens with zero attached hydrogens (tertiary/aromatic N) is 1. The van der Waals surface area contributed by atoms with Crippen LogP contribution in [-0.4, -0.2) is 10.1 Å². The first-order valence-corrected chi connectivity index (χ1v) is 4.34. The number of halogens is 1. The van der Waals surface area contributed by atoms with Crippen LogP contribution in [0.15, 0.2) is 30.3 Å². The summed E-state index contributed by atoms with van der Waals surface area (Å²) >= 11 is 5.75. The van der Waals surface area contributed by atoms with Crippen LogP contribution in [0.3, 0.4) is 0 Å². The molecule has 0 spiro atoms. The number of hydrogen-bond donors (Lipinski definition) is 1. The van der Waals surface area contributed by atoms with Crippen LogP contribution < -0.4 is 0 Å². The average molecular weight is 194 g/mol. The van der Waals surface area contributed by atoms with E-state index in [9.17, 15) is 0 Å². The van der Waals surface area contributed by atoms with Gasteiger partial charge in [-0.3, -0.25) is 0 Å². The minimum absolute atomic E-state index is 0.00924. The van der Waals surface area contributed by atoms with Crippen LogP contribution in [0.5, 0.6) is 0 Å². The molecule has 2 nitrogen and oxygen atoms in total. The van der Waals surface area contributed by atoms with E-state index in [1.807, 2.05) is 24.3 Å². The molecule has 0 atom stereocenters. The summed E-state index contributed by atoms with van der Waals surface area (Å²) in [6.45, 7) is -0.00924. The van der Waals surface area contributed by atoms with E-state index >= 15 is 0 Å². The molecule has 3 heteroatoms. The summed E-state index contributed by atoms with van der Waals surface area (Å²) in [5.74, 6) is 0. The quantitative estimate of drug-likeness (QED) is 0.706. The lowest BCUT2D eigenvalue weighted by molar-refractivity contribution is 0.283. The molecule has 0 aliphatic rings. The molecule has 0 unspecified atom stereocenters. The SMILES string of the molecule is OCc1cccc2ccc(Cl)nc12. The second-order valence-electron chi connectivity index (χ2n) is 2.78. The summed E-state index contributed by atoms with van der Waals surface area (Å²) in [5, 5.41) is 10.5. The topological polar surface area (TPSA) is 33.1 Å². The summed E-state index contributed by atoms with van der Waals surface area (Å²) in [4.78, 5) is 4.15. The molecule has 0 bridgehead atoms. The van der Waals surface area contributed by atoms with Gasteiger partial charge in [0.1, 0.15) is 5.15 Å². The number of rotatable bonds is 1. The fourth-order valence-corrected chi connectivity index (χ4v) is 1.46. The second-order valence-corrected chi connectivity index (χ2v) is 3.17. The van der Waals surface area contributed by atoms with Gasteiger partial charge in [0.25, 0.3) is 0 Å². The Morgan fingerprint density at radius 1 is 1.23 bits per heavy atom. The first-order valence-electron chi connectivity index (χ1n) is 3.96. The van der Waals surface area contributed by atoms with Gasteiger partial charge in [-0.1, -0.05) is 29.8 Å². The molecule has 1 N–H and O–H groups in total. The monoisotopic (exact) mass is 193 g/mol. The molecule has 1 aromatic heterocycles. The van der Waals surface area contributed by atoms with E-state index in [0.717, 1.165) is 16.5 Å². The van der Waals surface area contributed by atoms with Crippen molar-refractivity contribution in [3.63, 3.8) is 0 Å². The van der Waals surface area contributed by atoms with Crippen molar-refractivity contribution in [3.05, 3.63) is 41.0 Å². The summed E-state index contributed by atoms with van der Waals surface area (Å²) in [6.07, 6.45) is 0. The van der Waals surface area contributed by atoms with Gasteiger partial charge >= 0.3 is 0 Å². The third-order valence-corrected chi connectivity index (χ3v) is 2.15. The number of fused-ring (bicyclic) bond motifs is 1. The number of aromatic nitrogens is 1. The van der Waals surface area contributed by atoms with Crippen LogP contribution >= 0.6 is 11.6 Å². The van der Waals surface area contributed by atoms with Gasteiger partial charge in [-0.2, -0.15) is 0 Å². The Bertz CT molecular complexity index is 442. The van der Waals surface area contributed by atoms with E-state index in [1.54, 1.807) is 6.07 Å².